The van der Waals surface area contributed by atoms with Crippen molar-refractivity contribution in [2.45, 2.75) is 27.0 Å². The monoisotopic (exact) mass is 517 g/mol. The molecule has 0 amide bonds. The van der Waals surface area contributed by atoms with E-state index in [1.54, 1.807) is 13.3 Å². The smallest absolute Gasteiger partial charge is 0.227 e. The summed E-state index contributed by atoms with van der Waals surface area (Å²) in [6.07, 6.45) is 5.97. The van der Waals surface area contributed by atoms with Crippen LogP contribution >= 0.6 is 0 Å². The Labute approximate surface area is 226 Å². The minimum atomic E-state index is 0.451. The first-order valence-corrected chi connectivity index (χ1v) is 13.3. The second-order valence-corrected chi connectivity index (χ2v) is 9.30. The lowest BCUT2D eigenvalue weighted by molar-refractivity contribution is 0.146. The van der Waals surface area contributed by atoms with Crippen LogP contribution < -0.4 is 14.8 Å². The van der Waals surface area contributed by atoms with Gasteiger partial charge < -0.3 is 24.4 Å². The lowest BCUT2D eigenvalue weighted by Crippen LogP contribution is -2.28. The van der Waals surface area contributed by atoms with E-state index < -0.39 is 0 Å². The molecule has 2 heterocycles. The summed E-state index contributed by atoms with van der Waals surface area (Å²) < 4.78 is 17.7. The average Bonchev–Trinajstić information content (AvgIpc) is 2.93. The summed E-state index contributed by atoms with van der Waals surface area (Å²) >= 11 is 0. The van der Waals surface area contributed by atoms with E-state index in [9.17, 15) is 0 Å². The van der Waals surface area contributed by atoms with Crippen molar-refractivity contribution >= 4 is 11.6 Å². The molecule has 0 fully saturated rings. The Morgan fingerprint density at radius 2 is 1.87 bits per heavy atom. The van der Waals surface area contributed by atoms with Crippen LogP contribution in [0.25, 0.3) is 11.3 Å². The molecule has 38 heavy (non-hydrogen) atoms. The Bertz CT molecular complexity index is 1210. The second kappa shape index (κ2) is 13.9. The van der Waals surface area contributed by atoms with Gasteiger partial charge in [0.2, 0.25) is 5.95 Å². The highest BCUT2D eigenvalue weighted by atomic mass is 16.5. The molecule has 8 nitrogen and oxygen atoms in total. The fourth-order valence-electron chi connectivity index (χ4n) is 4.42. The number of likely N-dealkylation sites (N-methyl/N-ethyl adjacent to an activating group) is 2. The summed E-state index contributed by atoms with van der Waals surface area (Å²) in [6, 6.07) is 14.1. The van der Waals surface area contributed by atoms with Gasteiger partial charge in [-0.25, -0.2) is 9.97 Å². The largest absolute Gasteiger partial charge is 0.496 e. The zero-order chi connectivity index (χ0) is 26.7. The van der Waals surface area contributed by atoms with Gasteiger partial charge in [-0.3, -0.25) is 4.90 Å². The molecule has 1 aromatic heterocycles. The molecule has 0 saturated heterocycles. The Morgan fingerprint density at radius 1 is 1.03 bits per heavy atom. The van der Waals surface area contributed by atoms with E-state index in [0.717, 1.165) is 72.3 Å². The number of fused-ring (bicyclic) bond motifs is 7. The number of hydrogen-bond donors (Lipinski definition) is 1. The molecule has 1 N–H and O–H groups in total. The van der Waals surface area contributed by atoms with Crippen molar-refractivity contribution in [2.24, 2.45) is 0 Å². The fourth-order valence-corrected chi connectivity index (χ4v) is 4.42. The van der Waals surface area contributed by atoms with Gasteiger partial charge in [0.15, 0.2) is 0 Å². The van der Waals surface area contributed by atoms with Gasteiger partial charge in [-0.05, 0) is 62.6 Å². The quantitative estimate of drug-likeness (QED) is 0.432. The summed E-state index contributed by atoms with van der Waals surface area (Å²) in [5, 5.41) is 3.39. The van der Waals surface area contributed by atoms with E-state index in [4.69, 9.17) is 19.2 Å². The molecule has 4 rings (SSSR count). The standard InChI is InChI=1S/C30H39N5O3/c1-5-35(6-2)16-18-38-29-12-10-26-20-24(29)21-34(3)15-7-8-17-37-22-25-19-23(9-11-28(25)36-4)27-13-14-31-30(32-26)33-27/h7-14,19-20H,5-6,15-18,21-22H2,1-4H3,(H,31,32,33)/b8-7+. The molecule has 0 spiro atoms. The Morgan fingerprint density at radius 3 is 2.68 bits per heavy atom. The van der Waals surface area contributed by atoms with Crippen molar-refractivity contribution in [3.8, 4) is 22.8 Å². The van der Waals surface area contributed by atoms with Crippen LogP contribution in [-0.2, 0) is 17.9 Å². The number of anilines is 2. The Balaban J connectivity index is 1.63. The maximum Gasteiger partial charge on any atom is 0.227 e. The Kier molecular flexibility index (Phi) is 10.1. The van der Waals surface area contributed by atoms with Crippen LogP contribution in [0.5, 0.6) is 11.5 Å². The number of methoxy groups -OCH3 is 1. The molecule has 0 saturated carbocycles. The molecular formula is C30H39N5O3. The fraction of sp³-hybridized carbons (Fsp3) is 0.400. The highest BCUT2D eigenvalue weighted by molar-refractivity contribution is 5.64. The van der Waals surface area contributed by atoms with Gasteiger partial charge in [0.05, 0.1) is 26.0 Å². The summed E-state index contributed by atoms with van der Waals surface area (Å²) in [4.78, 5) is 13.9. The summed E-state index contributed by atoms with van der Waals surface area (Å²) in [6.45, 7) is 10.5. The zero-order valence-corrected chi connectivity index (χ0v) is 22.9. The minimum Gasteiger partial charge on any atom is -0.496 e. The normalized spacial score (nSPS) is 15.3. The van der Waals surface area contributed by atoms with Crippen molar-refractivity contribution in [1.29, 1.82) is 0 Å². The molecule has 1 aliphatic heterocycles. The van der Waals surface area contributed by atoms with Crippen molar-refractivity contribution in [1.82, 2.24) is 19.8 Å². The number of nitrogens with one attached hydrogen (secondary N) is 1. The first-order valence-electron chi connectivity index (χ1n) is 13.3. The van der Waals surface area contributed by atoms with Crippen molar-refractivity contribution in [3.05, 3.63) is 71.9 Å². The van der Waals surface area contributed by atoms with E-state index in [0.29, 0.717) is 25.8 Å². The first kappa shape index (κ1) is 27.6. The molecule has 8 heteroatoms. The molecule has 2 aromatic carbocycles. The van der Waals surface area contributed by atoms with Crippen LogP contribution in [0.4, 0.5) is 11.6 Å². The molecule has 0 atom stereocenters. The topological polar surface area (TPSA) is 72.0 Å². The maximum atomic E-state index is 6.25. The van der Waals surface area contributed by atoms with Crippen molar-refractivity contribution in [2.75, 3.05) is 58.9 Å². The second-order valence-electron chi connectivity index (χ2n) is 9.30. The molecule has 0 radical (unpaired) electrons. The molecule has 202 valence electrons. The van der Waals surface area contributed by atoms with Crippen LogP contribution in [0.1, 0.15) is 25.0 Å². The van der Waals surface area contributed by atoms with Crippen LogP contribution in [-0.4, -0.2) is 73.3 Å². The number of aromatic nitrogens is 2. The number of hydrogen-bond acceptors (Lipinski definition) is 8. The highest BCUT2D eigenvalue weighted by Crippen LogP contribution is 2.29. The highest BCUT2D eigenvalue weighted by Gasteiger charge is 2.12. The van der Waals surface area contributed by atoms with E-state index >= 15 is 0 Å². The lowest BCUT2D eigenvalue weighted by Gasteiger charge is -2.21. The average molecular weight is 518 g/mol. The van der Waals surface area contributed by atoms with Crippen molar-refractivity contribution in [3.63, 3.8) is 0 Å². The zero-order valence-electron chi connectivity index (χ0n) is 22.9. The Hall–Kier alpha value is -3.46. The van der Waals surface area contributed by atoms with E-state index in [1.807, 2.05) is 30.3 Å². The summed E-state index contributed by atoms with van der Waals surface area (Å²) in [7, 11) is 3.78. The van der Waals surface area contributed by atoms with Crippen LogP contribution in [0, 0.1) is 0 Å². The number of ether oxygens (including phenoxy) is 3. The SMILES string of the molecule is CCN(CC)CCOc1ccc2cc1CN(C)C/C=C/COCc1cc(ccc1OC)-c1ccnc(n1)N2. The summed E-state index contributed by atoms with van der Waals surface area (Å²) in [5.41, 5.74) is 4.81. The van der Waals surface area contributed by atoms with E-state index in [2.05, 4.69) is 65.3 Å². The van der Waals surface area contributed by atoms with Crippen LogP contribution in [0.15, 0.2) is 60.8 Å². The van der Waals surface area contributed by atoms with Gasteiger partial charge in [-0.15, -0.1) is 0 Å². The molecule has 3 aromatic rings. The number of benzene rings is 2. The maximum absolute atomic E-state index is 6.25. The third kappa shape index (κ3) is 7.54. The molecule has 0 unspecified atom stereocenters. The van der Waals surface area contributed by atoms with Crippen molar-refractivity contribution < 1.29 is 14.2 Å². The molecule has 0 aliphatic carbocycles. The number of rotatable bonds is 7. The van der Waals surface area contributed by atoms with Crippen LogP contribution in [0.2, 0.25) is 0 Å². The predicted molar refractivity (Wildman–Crippen MR) is 152 cm³/mol. The van der Waals surface area contributed by atoms with Gasteiger partial charge in [0, 0.05) is 48.2 Å². The summed E-state index contributed by atoms with van der Waals surface area (Å²) in [5.74, 6) is 2.23. The van der Waals surface area contributed by atoms with Gasteiger partial charge in [0.25, 0.3) is 0 Å². The van der Waals surface area contributed by atoms with Gasteiger partial charge >= 0.3 is 0 Å². The number of nitrogens with zero attached hydrogens (tertiary/aromatic N) is 4. The van der Waals surface area contributed by atoms with E-state index in [1.165, 1.54) is 0 Å². The minimum absolute atomic E-state index is 0.451. The third-order valence-corrected chi connectivity index (χ3v) is 6.60. The predicted octanol–water partition coefficient (Wildman–Crippen LogP) is 5.13. The van der Waals surface area contributed by atoms with Gasteiger partial charge in [-0.1, -0.05) is 26.0 Å². The van der Waals surface area contributed by atoms with Gasteiger partial charge in [-0.2, -0.15) is 0 Å². The van der Waals surface area contributed by atoms with Gasteiger partial charge in [0.1, 0.15) is 18.1 Å². The first-order chi connectivity index (χ1) is 18.6. The molecule has 1 aliphatic rings. The molecular weight excluding hydrogens is 478 g/mol. The third-order valence-electron chi connectivity index (χ3n) is 6.60. The van der Waals surface area contributed by atoms with E-state index in [-0.39, 0.29) is 0 Å². The van der Waals surface area contributed by atoms with Crippen LogP contribution in [0.3, 0.4) is 0 Å². The lowest BCUT2D eigenvalue weighted by atomic mass is 10.1. The molecule has 6 bridgehead atoms.